The van der Waals surface area contributed by atoms with Crippen molar-refractivity contribution in [1.29, 1.82) is 0 Å². The average Bonchev–Trinajstić information content (AvgIpc) is 2.41. The van der Waals surface area contributed by atoms with Crippen molar-refractivity contribution >= 4 is 6.03 Å². The first kappa shape index (κ1) is 15.1. The zero-order valence-corrected chi connectivity index (χ0v) is 11.8. The lowest BCUT2D eigenvalue weighted by molar-refractivity contribution is 0.241. The van der Waals surface area contributed by atoms with Gasteiger partial charge in [-0.15, -0.1) is 0 Å². The largest absolute Gasteiger partial charge is 0.493 e. The molecule has 0 radical (unpaired) electrons. The number of rotatable bonds is 7. The lowest BCUT2D eigenvalue weighted by Gasteiger charge is -2.11. The molecule has 0 aliphatic carbocycles. The molecular formula is C14H22N2O3. The Morgan fingerprint density at radius 1 is 1.21 bits per heavy atom. The lowest BCUT2D eigenvalue weighted by Crippen LogP contribution is -2.36. The van der Waals surface area contributed by atoms with Gasteiger partial charge in [0.15, 0.2) is 11.5 Å². The van der Waals surface area contributed by atoms with E-state index in [9.17, 15) is 4.79 Å². The van der Waals surface area contributed by atoms with E-state index in [1.165, 1.54) is 0 Å². The summed E-state index contributed by atoms with van der Waals surface area (Å²) in [7, 11) is 1.62. The first-order valence-electron chi connectivity index (χ1n) is 6.52. The van der Waals surface area contributed by atoms with Crippen molar-refractivity contribution in [2.75, 3.05) is 26.8 Å². The van der Waals surface area contributed by atoms with E-state index in [0.717, 1.165) is 23.5 Å². The van der Waals surface area contributed by atoms with Crippen LogP contribution in [0.2, 0.25) is 0 Å². The maximum Gasteiger partial charge on any atom is 0.314 e. The Kier molecular flexibility index (Phi) is 6.57. The first-order valence-corrected chi connectivity index (χ1v) is 6.52. The molecule has 1 rings (SSSR count). The second-order valence-corrected chi connectivity index (χ2v) is 3.95. The van der Waals surface area contributed by atoms with Crippen LogP contribution in [0.15, 0.2) is 18.2 Å². The topological polar surface area (TPSA) is 59.6 Å². The minimum atomic E-state index is -0.139. The van der Waals surface area contributed by atoms with Gasteiger partial charge in [-0.2, -0.15) is 0 Å². The highest BCUT2D eigenvalue weighted by Gasteiger charge is 2.05. The number of urea groups is 1. The van der Waals surface area contributed by atoms with E-state index < -0.39 is 0 Å². The number of hydrogen-bond donors (Lipinski definition) is 2. The molecule has 0 atom stereocenters. The van der Waals surface area contributed by atoms with Gasteiger partial charge in [-0.1, -0.05) is 6.07 Å². The van der Waals surface area contributed by atoms with Crippen molar-refractivity contribution in [3.8, 4) is 11.5 Å². The van der Waals surface area contributed by atoms with E-state index in [0.29, 0.717) is 19.7 Å². The molecule has 1 aromatic rings. The molecule has 5 heteroatoms. The average molecular weight is 266 g/mol. The van der Waals surface area contributed by atoms with Gasteiger partial charge in [0.1, 0.15) is 0 Å². The Labute approximate surface area is 114 Å². The number of carbonyl (C=O) groups excluding carboxylic acids is 1. The Balaban J connectivity index is 2.52. The quantitative estimate of drug-likeness (QED) is 0.793. The Morgan fingerprint density at radius 2 is 2.00 bits per heavy atom. The molecule has 0 spiro atoms. The SMILES string of the molecule is CCNC(=O)NCCc1ccc(OCC)c(OC)c1. The summed E-state index contributed by atoms with van der Waals surface area (Å²) in [6, 6.07) is 5.67. The van der Waals surface area contributed by atoms with Gasteiger partial charge in [0.2, 0.25) is 0 Å². The summed E-state index contributed by atoms with van der Waals surface area (Å²) in [5, 5.41) is 5.47. The minimum absolute atomic E-state index is 0.139. The van der Waals surface area contributed by atoms with Crippen LogP contribution in [-0.2, 0) is 6.42 Å². The fourth-order valence-corrected chi connectivity index (χ4v) is 1.69. The molecule has 0 unspecified atom stereocenters. The monoisotopic (exact) mass is 266 g/mol. The maximum absolute atomic E-state index is 11.2. The van der Waals surface area contributed by atoms with Gasteiger partial charge < -0.3 is 20.1 Å². The summed E-state index contributed by atoms with van der Waals surface area (Å²) in [4.78, 5) is 11.2. The zero-order valence-electron chi connectivity index (χ0n) is 11.8. The van der Waals surface area contributed by atoms with Crippen molar-refractivity contribution in [2.45, 2.75) is 20.3 Å². The van der Waals surface area contributed by atoms with Crippen LogP contribution in [0.3, 0.4) is 0 Å². The van der Waals surface area contributed by atoms with Gasteiger partial charge in [-0.05, 0) is 38.0 Å². The fraction of sp³-hybridized carbons (Fsp3) is 0.500. The van der Waals surface area contributed by atoms with E-state index >= 15 is 0 Å². The van der Waals surface area contributed by atoms with E-state index in [4.69, 9.17) is 9.47 Å². The number of hydrogen-bond acceptors (Lipinski definition) is 3. The highest BCUT2D eigenvalue weighted by Crippen LogP contribution is 2.28. The van der Waals surface area contributed by atoms with Crippen molar-refractivity contribution in [1.82, 2.24) is 10.6 Å². The van der Waals surface area contributed by atoms with E-state index in [-0.39, 0.29) is 6.03 Å². The van der Waals surface area contributed by atoms with Crippen LogP contribution in [0.25, 0.3) is 0 Å². The number of ether oxygens (including phenoxy) is 2. The third-order valence-corrected chi connectivity index (χ3v) is 2.56. The number of amides is 2. The van der Waals surface area contributed by atoms with Gasteiger partial charge in [-0.25, -0.2) is 4.79 Å². The predicted molar refractivity (Wildman–Crippen MR) is 74.9 cm³/mol. The third kappa shape index (κ3) is 5.07. The van der Waals surface area contributed by atoms with Gasteiger partial charge in [0.05, 0.1) is 13.7 Å². The molecule has 2 N–H and O–H groups in total. The third-order valence-electron chi connectivity index (χ3n) is 2.56. The lowest BCUT2D eigenvalue weighted by atomic mass is 10.1. The molecule has 0 aromatic heterocycles. The highest BCUT2D eigenvalue weighted by molar-refractivity contribution is 5.73. The van der Waals surface area contributed by atoms with Crippen molar-refractivity contribution < 1.29 is 14.3 Å². The minimum Gasteiger partial charge on any atom is -0.493 e. The van der Waals surface area contributed by atoms with Gasteiger partial charge in [0, 0.05) is 13.1 Å². The van der Waals surface area contributed by atoms with E-state index in [1.54, 1.807) is 7.11 Å². The molecule has 2 amide bonds. The maximum atomic E-state index is 11.2. The van der Waals surface area contributed by atoms with Crippen molar-refractivity contribution in [3.05, 3.63) is 23.8 Å². The van der Waals surface area contributed by atoms with Crippen LogP contribution in [0.1, 0.15) is 19.4 Å². The Hall–Kier alpha value is -1.91. The molecule has 0 saturated carbocycles. The smallest absolute Gasteiger partial charge is 0.314 e. The summed E-state index contributed by atoms with van der Waals surface area (Å²) in [5.74, 6) is 1.46. The van der Waals surface area contributed by atoms with Crippen LogP contribution in [0.5, 0.6) is 11.5 Å². The Bertz CT molecular complexity index is 408. The summed E-state index contributed by atoms with van der Waals surface area (Å²) >= 11 is 0. The molecule has 0 saturated heterocycles. The molecule has 5 nitrogen and oxygen atoms in total. The normalized spacial score (nSPS) is 9.84. The molecule has 0 bridgehead atoms. The molecule has 106 valence electrons. The summed E-state index contributed by atoms with van der Waals surface area (Å²) < 4.78 is 10.7. The first-order chi connectivity index (χ1) is 9.21. The summed E-state index contributed by atoms with van der Waals surface area (Å²) in [6.07, 6.45) is 0.750. The van der Waals surface area contributed by atoms with Crippen LogP contribution >= 0.6 is 0 Å². The molecule has 0 heterocycles. The molecule has 0 fully saturated rings. The number of methoxy groups -OCH3 is 1. The Morgan fingerprint density at radius 3 is 2.63 bits per heavy atom. The van der Waals surface area contributed by atoms with Crippen LogP contribution in [0.4, 0.5) is 4.79 Å². The van der Waals surface area contributed by atoms with Crippen LogP contribution in [-0.4, -0.2) is 32.8 Å². The molecular weight excluding hydrogens is 244 g/mol. The summed E-state index contributed by atoms with van der Waals surface area (Å²) in [5.41, 5.74) is 1.09. The fourth-order valence-electron chi connectivity index (χ4n) is 1.69. The predicted octanol–water partition coefficient (Wildman–Crippen LogP) is 1.96. The van der Waals surface area contributed by atoms with E-state index in [1.807, 2.05) is 32.0 Å². The van der Waals surface area contributed by atoms with Crippen LogP contribution in [0, 0.1) is 0 Å². The second-order valence-electron chi connectivity index (χ2n) is 3.95. The number of benzene rings is 1. The highest BCUT2D eigenvalue weighted by atomic mass is 16.5. The van der Waals surface area contributed by atoms with E-state index in [2.05, 4.69) is 10.6 Å². The van der Waals surface area contributed by atoms with Gasteiger partial charge in [0.25, 0.3) is 0 Å². The molecule has 1 aromatic carbocycles. The standard InChI is InChI=1S/C14H22N2O3/c1-4-15-14(17)16-9-8-11-6-7-12(19-5-2)13(10-11)18-3/h6-7,10H,4-5,8-9H2,1-3H3,(H2,15,16,17). The van der Waals surface area contributed by atoms with Crippen molar-refractivity contribution in [2.24, 2.45) is 0 Å². The van der Waals surface area contributed by atoms with Gasteiger partial charge in [-0.3, -0.25) is 0 Å². The van der Waals surface area contributed by atoms with Crippen LogP contribution < -0.4 is 20.1 Å². The molecule has 0 aliphatic heterocycles. The van der Waals surface area contributed by atoms with Crippen molar-refractivity contribution in [3.63, 3.8) is 0 Å². The summed E-state index contributed by atoms with van der Waals surface area (Å²) in [6.45, 7) is 5.64. The zero-order chi connectivity index (χ0) is 14.1. The molecule has 19 heavy (non-hydrogen) atoms. The second kappa shape index (κ2) is 8.24. The van der Waals surface area contributed by atoms with Gasteiger partial charge >= 0.3 is 6.03 Å². The molecule has 0 aliphatic rings. The number of carbonyl (C=O) groups is 1. The number of nitrogens with one attached hydrogen (secondary N) is 2.